The lowest BCUT2D eigenvalue weighted by Crippen LogP contribution is -2.03. The van der Waals surface area contributed by atoms with E-state index in [2.05, 4.69) is 25.7 Å². The lowest BCUT2D eigenvalue weighted by molar-refractivity contribution is -0.242. The molecule has 0 fully saturated rings. The Labute approximate surface area is 95.0 Å². The van der Waals surface area contributed by atoms with Gasteiger partial charge in [0.2, 0.25) is 0 Å². The highest BCUT2D eigenvalue weighted by atomic mass is 17.1. The monoisotopic (exact) mass is 216 g/mol. The SMILES string of the molecule is CC(C)(C)CCCCCCCCCOO. The van der Waals surface area contributed by atoms with Crippen molar-refractivity contribution < 1.29 is 10.1 Å². The highest BCUT2D eigenvalue weighted by molar-refractivity contribution is 4.60. The molecule has 0 aliphatic rings. The van der Waals surface area contributed by atoms with E-state index in [0.717, 1.165) is 6.42 Å². The van der Waals surface area contributed by atoms with Gasteiger partial charge in [0.25, 0.3) is 0 Å². The molecule has 0 aromatic rings. The molecular weight excluding hydrogens is 188 g/mol. The van der Waals surface area contributed by atoms with E-state index in [1.807, 2.05) is 0 Å². The van der Waals surface area contributed by atoms with Crippen LogP contribution >= 0.6 is 0 Å². The summed E-state index contributed by atoms with van der Waals surface area (Å²) < 4.78 is 0. The average Bonchev–Trinajstić information content (AvgIpc) is 2.14. The molecule has 0 unspecified atom stereocenters. The molecule has 0 amide bonds. The van der Waals surface area contributed by atoms with Crippen LogP contribution in [0.5, 0.6) is 0 Å². The largest absolute Gasteiger partial charge is 0.252 e. The van der Waals surface area contributed by atoms with Crippen LogP contribution in [0.25, 0.3) is 0 Å². The zero-order valence-corrected chi connectivity index (χ0v) is 10.7. The maximum atomic E-state index is 8.12. The molecule has 0 atom stereocenters. The summed E-state index contributed by atoms with van der Waals surface area (Å²) in [5.74, 6) is 0. The number of rotatable bonds is 9. The van der Waals surface area contributed by atoms with E-state index in [9.17, 15) is 0 Å². The first-order valence-electron chi connectivity index (χ1n) is 6.32. The second-order valence-electron chi connectivity index (χ2n) is 5.62. The third-order valence-electron chi connectivity index (χ3n) is 2.66. The van der Waals surface area contributed by atoms with Gasteiger partial charge in [-0.3, -0.25) is 5.26 Å². The summed E-state index contributed by atoms with van der Waals surface area (Å²) in [6.07, 6.45) is 10.2. The molecule has 92 valence electrons. The van der Waals surface area contributed by atoms with E-state index in [-0.39, 0.29) is 0 Å². The molecule has 0 bridgehead atoms. The Morgan fingerprint density at radius 2 is 1.27 bits per heavy atom. The molecule has 0 saturated carbocycles. The fourth-order valence-corrected chi connectivity index (χ4v) is 1.71. The van der Waals surface area contributed by atoms with Crippen molar-refractivity contribution >= 4 is 0 Å². The summed E-state index contributed by atoms with van der Waals surface area (Å²) in [4.78, 5) is 4.02. The molecule has 0 heterocycles. The summed E-state index contributed by atoms with van der Waals surface area (Å²) >= 11 is 0. The zero-order valence-electron chi connectivity index (χ0n) is 10.7. The Kier molecular flexibility index (Phi) is 9.12. The number of unbranched alkanes of at least 4 members (excludes halogenated alkanes) is 6. The molecule has 1 N–H and O–H groups in total. The Bertz CT molecular complexity index is 127. The van der Waals surface area contributed by atoms with Crippen molar-refractivity contribution in [3.63, 3.8) is 0 Å². The molecule has 0 rings (SSSR count). The summed E-state index contributed by atoms with van der Waals surface area (Å²) in [7, 11) is 0. The standard InChI is InChI=1S/C13H28O2/c1-13(2,3)11-9-7-5-4-6-8-10-12-15-14/h14H,4-12H2,1-3H3. The van der Waals surface area contributed by atoms with Crippen molar-refractivity contribution in [2.24, 2.45) is 5.41 Å². The van der Waals surface area contributed by atoms with Gasteiger partial charge in [-0.2, -0.15) is 0 Å². The van der Waals surface area contributed by atoms with Crippen LogP contribution < -0.4 is 0 Å². The van der Waals surface area contributed by atoms with Crippen molar-refractivity contribution in [1.29, 1.82) is 0 Å². The molecule has 2 heteroatoms. The van der Waals surface area contributed by atoms with Crippen LogP contribution in [0.4, 0.5) is 0 Å². The van der Waals surface area contributed by atoms with Crippen LogP contribution in [0.15, 0.2) is 0 Å². The summed E-state index contributed by atoms with van der Waals surface area (Å²) in [6.45, 7) is 7.41. The van der Waals surface area contributed by atoms with Crippen molar-refractivity contribution in [3.05, 3.63) is 0 Å². The molecule has 0 aliphatic heterocycles. The fourth-order valence-electron chi connectivity index (χ4n) is 1.71. The number of hydrogen-bond acceptors (Lipinski definition) is 2. The highest BCUT2D eigenvalue weighted by Crippen LogP contribution is 2.22. The summed E-state index contributed by atoms with van der Waals surface area (Å²) in [6, 6.07) is 0. The normalized spacial score (nSPS) is 12.0. The first-order chi connectivity index (χ1) is 7.06. The van der Waals surface area contributed by atoms with Gasteiger partial charge in [0.05, 0.1) is 6.61 Å². The van der Waals surface area contributed by atoms with Gasteiger partial charge >= 0.3 is 0 Å². The minimum absolute atomic E-state index is 0.490. The molecular formula is C13H28O2. The molecule has 0 aromatic heterocycles. The second-order valence-corrected chi connectivity index (χ2v) is 5.62. The Hall–Kier alpha value is -0.0800. The minimum Gasteiger partial charge on any atom is -0.252 e. The number of hydrogen-bond donors (Lipinski definition) is 1. The van der Waals surface area contributed by atoms with Gasteiger partial charge in [-0.1, -0.05) is 59.3 Å². The first-order valence-corrected chi connectivity index (χ1v) is 6.32. The molecule has 15 heavy (non-hydrogen) atoms. The van der Waals surface area contributed by atoms with E-state index in [1.54, 1.807) is 0 Å². The Balaban J connectivity index is 2.99. The lowest BCUT2D eigenvalue weighted by atomic mass is 9.89. The van der Waals surface area contributed by atoms with Crippen molar-refractivity contribution in [2.75, 3.05) is 6.61 Å². The van der Waals surface area contributed by atoms with E-state index in [0.29, 0.717) is 12.0 Å². The Morgan fingerprint density at radius 3 is 1.73 bits per heavy atom. The molecule has 0 radical (unpaired) electrons. The highest BCUT2D eigenvalue weighted by Gasteiger charge is 2.08. The van der Waals surface area contributed by atoms with Gasteiger partial charge in [0.1, 0.15) is 0 Å². The zero-order chi connectivity index (χ0) is 11.6. The molecule has 2 nitrogen and oxygen atoms in total. The quantitative estimate of drug-likeness (QED) is 0.345. The molecule has 0 saturated heterocycles. The van der Waals surface area contributed by atoms with Gasteiger partial charge in [0.15, 0.2) is 0 Å². The smallest absolute Gasteiger partial charge is 0.0819 e. The van der Waals surface area contributed by atoms with Crippen molar-refractivity contribution in [3.8, 4) is 0 Å². The van der Waals surface area contributed by atoms with Crippen molar-refractivity contribution in [2.45, 2.75) is 72.1 Å². The van der Waals surface area contributed by atoms with Crippen LogP contribution in [0.3, 0.4) is 0 Å². The Morgan fingerprint density at radius 1 is 0.800 bits per heavy atom. The predicted molar refractivity (Wildman–Crippen MR) is 65.0 cm³/mol. The average molecular weight is 216 g/mol. The third kappa shape index (κ3) is 13.9. The predicted octanol–water partition coefficient (Wildman–Crippen LogP) is 4.64. The van der Waals surface area contributed by atoms with E-state index < -0.39 is 0 Å². The van der Waals surface area contributed by atoms with E-state index in [4.69, 9.17) is 5.26 Å². The van der Waals surface area contributed by atoms with E-state index >= 15 is 0 Å². The van der Waals surface area contributed by atoms with Crippen LogP contribution in [0.2, 0.25) is 0 Å². The lowest BCUT2D eigenvalue weighted by Gasteiger charge is -2.17. The second kappa shape index (κ2) is 9.17. The van der Waals surface area contributed by atoms with Crippen LogP contribution in [0, 0.1) is 5.41 Å². The van der Waals surface area contributed by atoms with Gasteiger partial charge in [-0.15, -0.1) is 0 Å². The van der Waals surface area contributed by atoms with Gasteiger partial charge in [-0.05, 0) is 18.3 Å². The van der Waals surface area contributed by atoms with Crippen LogP contribution in [-0.2, 0) is 4.89 Å². The van der Waals surface area contributed by atoms with Crippen molar-refractivity contribution in [1.82, 2.24) is 0 Å². The maximum absolute atomic E-state index is 8.12. The third-order valence-corrected chi connectivity index (χ3v) is 2.66. The summed E-state index contributed by atoms with van der Waals surface area (Å²) in [5, 5.41) is 8.12. The van der Waals surface area contributed by atoms with Crippen LogP contribution in [-0.4, -0.2) is 11.9 Å². The van der Waals surface area contributed by atoms with Gasteiger partial charge in [0, 0.05) is 0 Å². The maximum Gasteiger partial charge on any atom is 0.0819 e. The summed E-state index contributed by atoms with van der Waals surface area (Å²) in [5.41, 5.74) is 0.498. The molecule has 0 spiro atoms. The van der Waals surface area contributed by atoms with Gasteiger partial charge in [-0.25, -0.2) is 4.89 Å². The van der Waals surface area contributed by atoms with Crippen LogP contribution in [0.1, 0.15) is 72.1 Å². The topological polar surface area (TPSA) is 29.5 Å². The first kappa shape index (κ1) is 14.9. The molecule has 0 aliphatic carbocycles. The van der Waals surface area contributed by atoms with Gasteiger partial charge < -0.3 is 0 Å². The van der Waals surface area contributed by atoms with E-state index in [1.165, 1.54) is 44.9 Å². The fraction of sp³-hybridized carbons (Fsp3) is 1.00. The minimum atomic E-state index is 0.490. The molecule has 0 aromatic carbocycles.